The molecule has 0 bridgehead atoms. The molecule has 0 amide bonds. The number of fused-ring (bicyclic) bond motifs is 1. The van der Waals surface area contributed by atoms with Gasteiger partial charge in [0.25, 0.3) is 11.2 Å². The van der Waals surface area contributed by atoms with Crippen molar-refractivity contribution in [2.45, 2.75) is 0 Å². The predicted octanol–water partition coefficient (Wildman–Crippen LogP) is 2.16. The third-order valence-corrected chi connectivity index (χ3v) is 2.35. The van der Waals surface area contributed by atoms with E-state index in [2.05, 4.69) is 10.1 Å². The van der Waals surface area contributed by atoms with Crippen LogP contribution in [-0.4, -0.2) is 23.4 Å². The van der Waals surface area contributed by atoms with Crippen LogP contribution in [0.1, 0.15) is 0 Å². The maximum absolute atomic E-state index is 5.61. The SMILES string of the molecule is Clc1noc(-c2cccc3c2OCCO3)n1. The van der Waals surface area contributed by atoms with Crippen molar-refractivity contribution in [3.8, 4) is 23.0 Å². The van der Waals surface area contributed by atoms with E-state index < -0.39 is 0 Å². The van der Waals surface area contributed by atoms with Gasteiger partial charge in [-0.2, -0.15) is 4.98 Å². The van der Waals surface area contributed by atoms with Crippen LogP contribution in [0.4, 0.5) is 0 Å². The van der Waals surface area contributed by atoms with Crippen molar-refractivity contribution in [1.29, 1.82) is 0 Å². The Morgan fingerprint density at radius 3 is 2.88 bits per heavy atom. The second-order valence-electron chi connectivity index (χ2n) is 3.20. The van der Waals surface area contributed by atoms with Crippen molar-refractivity contribution in [2.24, 2.45) is 0 Å². The minimum absolute atomic E-state index is 0.0735. The number of aromatic nitrogens is 2. The molecule has 6 heteroatoms. The molecule has 0 fully saturated rings. The molecule has 5 nitrogen and oxygen atoms in total. The number of hydrogen-bond donors (Lipinski definition) is 0. The molecule has 82 valence electrons. The van der Waals surface area contributed by atoms with E-state index in [1.54, 1.807) is 0 Å². The van der Waals surface area contributed by atoms with Crippen LogP contribution in [0.2, 0.25) is 5.28 Å². The minimum Gasteiger partial charge on any atom is -0.486 e. The molecule has 1 aliphatic rings. The van der Waals surface area contributed by atoms with E-state index in [1.165, 1.54) is 0 Å². The summed E-state index contributed by atoms with van der Waals surface area (Å²) in [5.74, 6) is 1.62. The molecular formula is C10H7ClN2O3. The van der Waals surface area contributed by atoms with Crippen molar-refractivity contribution in [3.05, 3.63) is 23.5 Å². The van der Waals surface area contributed by atoms with Crippen molar-refractivity contribution in [1.82, 2.24) is 10.1 Å². The highest BCUT2D eigenvalue weighted by molar-refractivity contribution is 6.28. The smallest absolute Gasteiger partial charge is 0.264 e. The van der Waals surface area contributed by atoms with E-state index >= 15 is 0 Å². The van der Waals surface area contributed by atoms with Gasteiger partial charge in [0, 0.05) is 0 Å². The van der Waals surface area contributed by atoms with Crippen LogP contribution < -0.4 is 9.47 Å². The number of hydrogen-bond acceptors (Lipinski definition) is 5. The Bertz CT molecular complexity index is 527. The van der Waals surface area contributed by atoms with Gasteiger partial charge in [0.15, 0.2) is 11.5 Å². The first-order valence-corrected chi connectivity index (χ1v) is 5.10. The maximum atomic E-state index is 5.61. The molecule has 16 heavy (non-hydrogen) atoms. The Morgan fingerprint density at radius 2 is 2.06 bits per heavy atom. The summed E-state index contributed by atoms with van der Waals surface area (Å²) in [6.45, 7) is 1.05. The third kappa shape index (κ3) is 1.49. The molecule has 1 aromatic carbocycles. The van der Waals surface area contributed by atoms with Gasteiger partial charge in [0.1, 0.15) is 13.2 Å². The van der Waals surface area contributed by atoms with Gasteiger partial charge in [-0.15, -0.1) is 0 Å². The summed E-state index contributed by atoms with van der Waals surface area (Å²) in [6, 6.07) is 5.48. The van der Waals surface area contributed by atoms with Gasteiger partial charge in [-0.1, -0.05) is 6.07 Å². The number of para-hydroxylation sites is 1. The van der Waals surface area contributed by atoms with Crippen LogP contribution in [0.5, 0.6) is 11.5 Å². The second-order valence-corrected chi connectivity index (χ2v) is 3.54. The highest BCUT2D eigenvalue weighted by atomic mass is 35.5. The lowest BCUT2D eigenvalue weighted by atomic mass is 10.2. The fourth-order valence-corrected chi connectivity index (χ4v) is 1.67. The van der Waals surface area contributed by atoms with Crippen LogP contribution in [-0.2, 0) is 0 Å². The van der Waals surface area contributed by atoms with Gasteiger partial charge >= 0.3 is 0 Å². The summed E-state index contributed by atoms with van der Waals surface area (Å²) < 4.78 is 16.0. The summed E-state index contributed by atoms with van der Waals surface area (Å²) >= 11 is 5.61. The van der Waals surface area contributed by atoms with Crippen LogP contribution >= 0.6 is 11.6 Å². The summed E-state index contributed by atoms with van der Waals surface area (Å²) in [5, 5.41) is 3.60. The summed E-state index contributed by atoms with van der Waals surface area (Å²) in [5.41, 5.74) is 0.691. The van der Waals surface area contributed by atoms with Crippen molar-refractivity contribution in [3.63, 3.8) is 0 Å². The Balaban J connectivity index is 2.13. The van der Waals surface area contributed by atoms with Crippen molar-refractivity contribution >= 4 is 11.6 Å². The predicted molar refractivity (Wildman–Crippen MR) is 55.7 cm³/mol. The Labute approximate surface area is 95.9 Å². The number of halogens is 1. The number of benzene rings is 1. The van der Waals surface area contributed by atoms with Crippen molar-refractivity contribution < 1.29 is 14.0 Å². The fourth-order valence-electron chi connectivity index (χ4n) is 1.56. The first kappa shape index (κ1) is 9.47. The van der Waals surface area contributed by atoms with Crippen LogP contribution in [0.15, 0.2) is 22.7 Å². The standard InChI is InChI=1S/C10H7ClN2O3/c11-10-12-9(16-13-10)6-2-1-3-7-8(6)15-5-4-14-7/h1-3H,4-5H2. The minimum atomic E-state index is 0.0735. The largest absolute Gasteiger partial charge is 0.486 e. The topological polar surface area (TPSA) is 57.4 Å². The van der Waals surface area contributed by atoms with E-state index in [-0.39, 0.29) is 5.28 Å². The first-order chi connectivity index (χ1) is 7.84. The van der Waals surface area contributed by atoms with Gasteiger partial charge in [-0.3, -0.25) is 0 Å². The second kappa shape index (κ2) is 3.68. The molecule has 0 aliphatic carbocycles. The quantitative estimate of drug-likeness (QED) is 0.762. The van der Waals surface area contributed by atoms with Gasteiger partial charge in [0.05, 0.1) is 5.56 Å². The van der Waals surface area contributed by atoms with Gasteiger partial charge in [-0.05, 0) is 28.9 Å². The molecule has 3 rings (SSSR count). The van der Waals surface area contributed by atoms with Gasteiger partial charge in [-0.25, -0.2) is 0 Å². The molecule has 0 N–H and O–H groups in total. The maximum Gasteiger partial charge on any atom is 0.264 e. The zero-order valence-electron chi connectivity index (χ0n) is 8.14. The first-order valence-electron chi connectivity index (χ1n) is 4.73. The molecule has 0 saturated carbocycles. The average Bonchev–Trinajstić information content (AvgIpc) is 2.75. The lowest BCUT2D eigenvalue weighted by Crippen LogP contribution is -2.15. The van der Waals surface area contributed by atoms with E-state index in [0.717, 1.165) is 0 Å². The number of nitrogens with zero attached hydrogens (tertiary/aromatic N) is 2. The molecule has 0 radical (unpaired) electrons. The van der Waals surface area contributed by atoms with E-state index in [9.17, 15) is 0 Å². The highest BCUT2D eigenvalue weighted by Crippen LogP contribution is 2.39. The molecule has 0 saturated heterocycles. The number of ether oxygens (including phenoxy) is 2. The Morgan fingerprint density at radius 1 is 1.19 bits per heavy atom. The molecule has 0 unspecified atom stereocenters. The fraction of sp³-hybridized carbons (Fsp3) is 0.200. The van der Waals surface area contributed by atoms with E-state index in [4.69, 9.17) is 25.6 Å². The van der Waals surface area contributed by atoms with E-state index in [1.807, 2.05) is 18.2 Å². The Kier molecular flexibility index (Phi) is 2.18. The molecule has 1 aliphatic heterocycles. The van der Waals surface area contributed by atoms with Crippen molar-refractivity contribution in [2.75, 3.05) is 13.2 Å². The van der Waals surface area contributed by atoms with E-state index in [0.29, 0.717) is 36.2 Å². The summed E-state index contributed by atoms with van der Waals surface area (Å²) in [6.07, 6.45) is 0. The van der Waals surface area contributed by atoms with Crippen LogP contribution in [0, 0.1) is 0 Å². The Hall–Kier alpha value is -1.75. The molecule has 2 aromatic rings. The molecular weight excluding hydrogens is 232 g/mol. The molecule has 2 heterocycles. The average molecular weight is 239 g/mol. The molecule has 0 spiro atoms. The normalized spacial score (nSPS) is 13.8. The lowest BCUT2D eigenvalue weighted by Gasteiger charge is -2.19. The van der Waals surface area contributed by atoms with Gasteiger partial charge < -0.3 is 14.0 Å². The molecule has 1 aromatic heterocycles. The molecule has 0 atom stereocenters. The summed E-state index contributed by atoms with van der Waals surface area (Å²) in [7, 11) is 0. The third-order valence-electron chi connectivity index (χ3n) is 2.20. The van der Waals surface area contributed by atoms with Crippen LogP contribution in [0.3, 0.4) is 0 Å². The van der Waals surface area contributed by atoms with Gasteiger partial charge in [0.2, 0.25) is 0 Å². The lowest BCUT2D eigenvalue weighted by molar-refractivity contribution is 0.172. The van der Waals surface area contributed by atoms with Crippen LogP contribution in [0.25, 0.3) is 11.5 Å². The zero-order valence-corrected chi connectivity index (χ0v) is 8.90. The zero-order chi connectivity index (χ0) is 11.0. The number of rotatable bonds is 1. The highest BCUT2D eigenvalue weighted by Gasteiger charge is 2.20. The monoisotopic (exact) mass is 238 g/mol. The summed E-state index contributed by atoms with van der Waals surface area (Å²) in [4.78, 5) is 3.94.